The minimum absolute atomic E-state index is 0.107. The summed E-state index contributed by atoms with van der Waals surface area (Å²) in [5, 5.41) is 37.9. The first-order chi connectivity index (χ1) is 42.4. The van der Waals surface area contributed by atoms with E-state index in [1.807, 2.05) is 26.0 Å². The number of cyclic esters (lactones) is 1. The van der Waals surface area contributed by atoms with Gasteiger partial charge in [-0.15, -0.1) is 0 Å². The number of carbonyl (C=O) groups excluding carboxylic acids is 12. The number of ketones is 4. The molecule has 0 aromatic heterocycles. The fraction of sp³-hybridized carbons (Fsp3) is 0.703. The van der Waals surface area contributed by atoms with E-state index in [1.54, 1.807) is 60.6 Å². The van der Waals surface area contributed by atoms with Gasteiger partial charge in [0.15, 0.2) is 29.1 Å². The van der Waals surface area contributed by atoms with Gasteiger partial charge in [0.05, 0.1) is 43.2 Å². The van der Waals surface area contributed by atoms with Crippen molar-refractivity contribution in [3.63, 3.8) is 0 Å². The van der Waals surface area contributed by atoms with Gasteiger partial charge in [-0.25, -0.2) is 4.79 Å². The number of carbonyl (C=O) groups is 12. The van der Waals surface area contributed by atoms with Crippen molar-refractivity contribution in [2.24, 2.45) is 75.5 Å². The molecule has 0 spiro atoms. The molecule has 1 saturated heterocycles. The van der Waals surface area contributed by atoms with Crippen molar-refractivity contribution in [3.8, 4) is 0 Å². The largest absolute Gasteiger partial charge is 0.458 e. The molecule has 1 aliphatic heterocycles. The van der Waals surface area contributed by atoms with Crippen molar-refractivity contribution in [2.45, 2.75) is 215 Å². The molecule has 1 aromatic carbocycles. The molecule has 0 saturated carbocycles. The van der Waals surface area contributed by atoms with Crippen LogP contribution in [-0.2, 0) is 68.7 Å². The second-order valence-electron chi connectivity index (χ2n) is 24.4. The number of Topliss-reactive ketones (excluding diaryl/α,β-unsaturated/α-hetero) is 4. The lowest BCUT2D eigenvalue weighted by molar-refractivity contribution is -0.157. The number of ether oxygens (including phenoxy) is 1. The number of nitrogens with zero attached hydrogens (tertiary/aromatic N) is 1. The second kappa shape index (κ2) is 40.1. The van der Waals surface area contributed by atoms with Crippen LogP contribution in [0, 0.1) is 53.3 Å². The van der Waals surface area contributed by atoms with Gasteiger partial charge in [-0.1, -0.05) is 119 Å². The summed E-state index contributed by atoms with van der Waals surface area (Å²) in [6.45, 7) is 17.2. The predicted octanol–water partition coefficient (Wildman–Crippen LogP) is 2.96. The van der Waals surface area contributed by atoms with E-state index in [0.29, 0.717) is 56.4 Å². The van der Waals surface area contributed by atoms with Gasteiger partial charge in [0.1, 0.15) is 24.2 Å². The van der Waals surface area contributed by atoms with Crippen molar-refractivity contribution in [2.75, 3.05) is 19.8 Å². The molecule has 14 N–H and O–H groups in total. The maximum Gasteiger partial charge on any atom is 0.329 e. The van der Waals surface area contributed by atoms with E-state index < -0.39 is 193 Å². The number of aliphatic imine (C=N–C) groups is 1. The second-order valence-corrected chi connectivity index (χ2v) is 24.9. The third-order valence-corrected chi connectivity index (χ3v) is 17.7. The molecule has 506 valence electrons. The van der Waals surface area contributed by atoms with E-state index in [2.05, 4.69) is 36.9 Å². The minimum Gasteiger partial charge on any atom is -0.458 e. The van der Waals surface area contributed by atoms with Gasteiger partial charge < -0.3 is 64.1 Å². The maximum atomic E-state index is 14.5. The summed E-state index contributed by atoms with van der Waals surface area (Å²) < 4.78 is 5.79. The van der Waals surface area contributed by atoms with Gasteiger partial charge in [0.2, 0.25) is 41.4 Å². The lowest BCUT2D eigenvalue weighted by atomic mass is 9.83. The van der Waals surface area contributed by atoms with E-state index in [0.717, 1.165) is 5.56 Å². The minimum atomic E-state index is -1.61. The monoisotopic (exact) mass is 1290 g/mol. The number of unbranched alkanes of at least 4 members (excludes halogenated alkanes) is 1. The number of benzene rings is 1. The highest BCUT2D eigenvalue weighted by Gasteiger charge is 2.41. The van der Waals surface area contributed by atoms with Gasteiger partial charge >= 0.3 is 5.97 Å². The zero-order valence-corrected chi connectivity index (χ0v) is 55.3. The van der Waals surface area contributed by atoms with Crippen LogP contribution >= 0.6 is 11.6 Å². The number of guanidine groups is 1. The summed E-state index contributed by atoms with van der Waals surface area (Å²) in [5.74, 6) is -16.4. The van der Waals surface area contributed by atoms with Crippen LogP contribution in [0.5, 0.6) is 0 Å². The number of hydrogen-bond acceptors (Lipinski definition) is 16. The standard InChI is InChI=1S/C64H103ClN10O15/c1-12-34(6)45(31-48(78)46(24-25-52(66)82)70-59(85)42(32-76)29-50(80)53(35(7)13-2)72-58(84)41(16-5)28-40-20-22-44(65)23-21-40)61(87)73-54(36(8)14-3)51(81)30-43(33-77)60(86)75-56-39(11)90-63(89)55(37(9)15-4)74-62(88)47(19-17-18-26-69-64(67)68)71-57(83)38(10)27-49(56)79/h20-23,34-39,41-43,45-47,53-56,76-77H,12-19,24-33H2,1-11H3,(H2,66,82)(H,70,85)(H,71,83)(H,72,84)(H,73,87)(H,74,88)(H,75,86)(H4,67,68,69)/t34-,35-,36-,37-,38+,39-,41+,42-,43-,45+,46+,47-,53-,54-,55-,56+/m0/s1. The molecule has 25 nitrogen and oxygen atoms in total. The predicted molar refractivity (Wildman–Crippen MR) is 339 cm³/mol. The number of amides is 7. The molecular formula is C64H103ClN10O15. The van der Waals surface area contributed by atoms with Gasteiger partial charge in [-0.05, 0) is 86.8 Å². The van der Waals surface area contributed by atoms with Crippen molar-refractivity contribution in [3.05, 3.63) is 34.9 Å². The molecule has 1 aliphatic rings. The van der Waals surface area contributed by atoms with Crippen molar-refractivity contribution >= 4 is 88.0 Å². The topological polar surface area (TPSA) is 417 Å². The zero-order chi connectivity index (χ0) is 68.1. The summed E-state index contributed by atoms with van der Waals surface area (Å²) in [5.41, 5.74) is 17.2. The molecule has 0 aliphatic carbocycles. The van der Waals surface area contributed by atoms with Crippen LogP contribution in [-0.4, -0.2) is 149 Å². The Hall–Kier alpha value is -6.86. The molecule has 1 aromatic rings. The number of halogens is 1. The van der Waals surface area contributed by atoms with Crippen LogP contribution in [0.15, 0.2) is 29.3 Å². The highest BCUT2D eigenvalue weighted by Crippen LogP contribution is 2.26. The Kier molecular flexibility index (Phi) is 35.3. The van der Waals surface area contributed by atoms with Gasteiger partial charge in [0.25, 0.3) is 0 Å². The first kappa shape index (κ1) is 79.2. The van der Waals surface area contributed by atoms with Crippen molar-refractivity contribution in [1.82, 2.24) is 31.9 Å². The van der Waals surface area contributed by atoms with Crippen LogP contribution in [0.2, 0.25) is 5.02 Å². The Labute approximate surface area is 535 Å². The van der Waals surface area contributed by atoms with E-state index in [4.69, 9.17) is 33.5 Å². The van der Waals surface area contributed by atoms with Gasteiger partial charge in [0, 0.05) is 61.4 Å². The molecule has 2 rings (SSSR count). The van der Waals surface area contributed by atoms with Crippen LogP contribution in [0.25, 0.3) is 0 Å². The number of rotatable bonds is 38. The quantitative estimate of drug-likeness (QED) is 0.0196. The summed E-state index contributed by atoms with van der Waals surface area (Å²) >= 11 is 6.06. The lowest BCUT2D eigenvalue weighted by Gasteiger charge is -2.30. The van der Waals surface area contributed by atoms with E-state index >= 15 is 0 Å². The molecule has 0 radical (unpaired) electrons. The number of hydrogen-bond donors (Lipinski definition) is 11. The highest BCUT2D eigenvalue weighted by atomic mass is 35.5. The SMILES string of the molecule is CC[C@H](Cc1ccc(Cl)cc1)C(=O)N[C@H](C(=O)C[C@@H](CO)C(=O)N[C@H](CCC(N)=O)C(=O)C[C@@H](C(=O)N[C@H](C(=O)C[C@@H](CO)C(=O)N[C@H]1C(=O)C[C@@H](C)C(=O)N[C@@H](CCCCN=C(N)N)C(=O)N[C@@H]([C@@H](C)CC)C(=O)O[C@H]1C)[C@@H](C)CC)[C@@H](C)CC)[C@@H](C)CC. The number of aliphatic hydroxyl groups excluding tert-OH is 2. The fourth-order valence-corrected chi connectivity index (χ4v) is 10.6. The maximum absolute atomic E-state index is 14.5. The average Bonchev–Trinajstić information content (AvgIpc) is 2.58. The molecule has 1 fully saturated rings. The first-order valence-electron chi connectivity index (χ1n) is 31.8. The third-order valence-electron chi connectivity index (χ3n) is 17.5. The van der Waals surface area contributed by atoms with E-state index in [-0.39, 0.29) is 43.6 Å². The Balaban J connectivity index is 2.40. The number of esters is 1. The van der Waals surface area contributed by atoms with Gasteiger partial charge in [-0.2, -0.15) is 0 Å². The van der Waals surface area contributed by atoms with Gasteiger partial charge in [-0.3, -0.25) is 57.7 Å². The number of primary amides is 1. The third kappa shape index (κ3) is 25.8. The number of aliphatic hydroxyl groups is 2. The molecular weight excluding hydrogens is 1180 g/mol. The first-order valence-corrected chi connectivity index (χ1v) is 32.2. The zero-order valence-electron chi connectivity index (χ0n) is 54.5. The van der Waals surface area contributed by atoms with Crippen LogP contribution in [0.3, 0.4) is 0 Å². The number of nitrogens with one attached hydrogen (secondary N) is 6. The molecule has 0 bridgehead atoms. The Morgan fingerprint density at radius 3 is 1.72 bits per heavy atom. The lowest BCUT2D eigenvalue weighted by Crippen LogP contribution is -2.55. The summed E-state index contributed by atoms with van der Waals surface area (Å²) in [7, 11) is 0. The molecule has 1 heterocycles. The Morgan fingerprint density at radius 1 is 0.667 bits per heavy atom. The van der Waals surface area contributed by atoms with E-state index in [9.17, 15) is 67.7 Å². The molecule has 0 unspecified atom stereocenters. The molecule has 26 heteroatoms. The molecule has 16 atom stereocenters. The van der Waals surface area contributed by atoms with E-state index in [1.165, 1.54) is 13.8 Å². The fourth-order valence-electron chi connectivity index (χ4n) is 10.5. The Bertz CT molecular complexity index is 2620. The van der Waals surface area contributed by atoms with Crippen LogP contribution in [0.4, 0.5) is 0 Å². The number of nitrogens with two attached hydrogens (primary N) is 3. The van der Waals surface area contributed by atoms with Crippen molar-refractivity contribution < 1.29 is 72.5 Å². The summed E-state index contributed by atoms with van der Waals surface area (Å²) in [6, 6.07) is -0.663. The van der Waals surface area contributed by atoms with Crippen LogP contribution < -0.4 is 49.1 Å². The van der Waals surface area contributed by atoms with Crippen molar-refractivity contribution in [1.29, 1.82) is 0 Å². The Morgan fingerprint density at radius 2 is 1.21 bits per heavy atom. The smallest absolute Gasteiger partial charge is 0.329 e. The molecule has 7 amide bonds. The highest BCUT2D eigenvalue weighted by molar-refractivity contribution is 6.30. The summed E-state index contributed by atoms with van der Waals surface area (Å²) in [6.07, 6.45) is -0.887. The van der Waals surface area contributed by atoms with Crippen LogP contribution in [0.1, 0.15) is 172 Å². The normalized spacial score (nSPS) is 21.1. The molecule has 90 heavy (non-hydrogen) atoms. The summed E-state index contributed by atoms with van der Waals surface area (Å²) in [4.78, 5) is 171. The average molecular weight is 1290 g/mol.